The molecule has 5 aromatic rings. The number of fused-ring (bicyclic) bond motifs is 2. The number of methoxy groups -OCH3 is 2. The lowest BCUT2D eigenvalue weighted by atomic mass is 10.0. The summed E-state index contributed by atoms with van der Waals surface area (Å²) in [6.07, 6.45) is 1.72. The number of carbonyl (C=O) groups excluding carboxylic acids is 3. The summed E-state index contributed by atoms with van der Waals surface area (Å²) < 4.78 is 16.6. The largest absolute Gasteiger partial charge is 0.493 e. The fourth-order valence-corrected chi connectivity index (χ4v) is 7.04. The molecule has 3 amide bonds. The summed E-state index contributed by atoms with van der Waals surface area (Å²) in [5, 5.41) is 5.23. The molecule has 1 aromatic heterocycles. The second-order valence-corrected chi connectivity index (χ2v) is 12.9. The van der Waals surface area contributed by atoms with Gasteiger partial charge in [0.25, 0.3) is 5.91 Å². The summed E-state index contributed by atoms with van der Waals surface area (Å²) >= 11 is 0. The molecule has 2 aliphatic rings. The molecule has 262 valence electrons. The number of carbonyl (C=O) groups is 3. The second kappa shape index (κ2) is 14.6. The number of anilines is 1. The number of amides is 3. The van der Waals surface area contributed by atoms with Gasteiger partial charge in [-0.1, -0.05) is 60.7 Å². The number of rotatable bonds is 10. The Balaban J connectivity index is 1.12. The predicted molar refractivity (Wildman–Crippen MR) is 194 cm³/mol. The van der Waals surface area contributed by atoms with E-state index >= 15 is 0 Å². The van der Waals surface area contributed by atoms with E-state index in [1.54, 1.807) is 4.90 Å². The third-order valence-corrected chi connectivity index (χ3v) is 9.77. The molecule has 2 saturated heterocycles. The Kier molecular flexibility index (Phi) is 9.61. The lowest BCUT2D eigenvalue weighted by Crippen LogP contribution is -2.55. The van der Waals surface area contributed by atoms with E-state index in [-0.39, 0.29) is 35.0 Å². The highest BCUT2D eigenvalue weighted by molar-refractivity contribution is 5.97. The molecule has 51 heavy (non-hydrogen) atoms. The third-order valence-electron chi connectivity index (χ3n) is 9.77. The van der Waals surface area contributed by atoms with Crippen molar-refractivity contribution in [1.29, 1.82) is 0 Å². The number of benzene rings is 4. The van der Waals surface area contributed by atoms with E-state index in [2.05, 4.69) is 22.3 Å². The smallest absolute Gasteiger partial charge is 0.287 e. The van der Waals surface area contributed by atoms with Crippen molar-refractivity contribution in [3.05, 3.63) is 112 Å². The van der Waals surface area contributed by atoms with Crippen LogP contribution in [0.3, 0.4) is 0 Å². The minimum absolute atomic E-state index is 0.160. The molecule has 4 aromatic carbocycles. The minimum Gasteiger partial charge on any atom is -0.493 e. The molecule has 3 heterocycles. The Morgan fingerprint density at radius 1 is 0.824 bits per heavy atom. The van der Waals surface area contributed by atoms with E-state index in [1.807, 2.05) is 59.5 Å². The van der Waals surface area contributed by atoms with Gasteiger partial charge in [0.15, 0.2) is 22.7 Å². The van der Waals surface area contributed by atoms with Crippen LogP contribution in [0.15, 0.2) is 94.1 Å². The molecule has 11 heteroatoms. The third kappa shape index (κ3) is 7.10. The monoisotopic (exact) mass is 688 g/mol. The standard InChI is InChI=1S/C40H40N4O7/c1-49-35-22-30-33(45)23-37(51-34(30)24-36(35)50-2)39(47)41-31(21-26-13-14-27-8-3-4-9-28(27)20-26)40(48)43-18-16-42(17-19-43)32-11-6-5-10-29(32)25-44-15-7-12-38(44)46/h3-6,8-11,13-14,20,22-24,31H,7,12,15-19,21,25H2,1-2H3,(H,41,47)/t31-/m1/s1. The maximum Gasteiger partial charge on any atom is 0.287 e. The summed E-state index contributed by atoms with van der Waals surface area (Å²) in [7, 11) is 2.94. The molecular formula is C40H40N4O7. The van der Waals surface area contributed by atoms with Crippen LogP contribution in [0.25, 0.3) is 21.7 Å². The Morgan fingerprint density at radius 2 is 1.55 bits per heavy atom. The highest BCUT2D eigenvalue weighted by atomic mass is 16.5. The van der Waals surface area contributed by atoms with E-state index in [1.165, 1.54) is 26.4 Å². The van der Waals surface area contributed by atoms with Crippen LogP contribution in [0.4, 0.5) is 5.69 Å². The van der Waals surface area contributed by atoms with Crippen molar-refractivity contribution in [2.24, 2.45) is 0 Å². The first kappa shape index (κ1) is 33.6. The Bertz CT molecular complexity index is 2170. The van der Waals surface area contributed by atoms with Crippen molar-refractivity contribution in [3.63, 3.8) is 0 Å². The van der Waals surface area contributed by atoms with Crippen LogP contribution in [0.5, 0.6) is 11.5 Å². The highest BCUT2D eigenvalue weighted by Crippen LogP contribution is 2.31. The molecule has 0 unspecified atom stereocenters. The number of likely N-dealkylation sites (tertiary alicyclic amines) is 1. The van der Waals surface area contributed by atoms with E-state index in [9.17, 15) is 19.2 Å². The number of para-hydroxylation sites is 1. The molecule has 7 rings (SSSR count). The summed E-state index contributed by atoms with van der Waals surface area (Å²) in [6, 6.07) is 25.3. The fourth-order valence-electron chi connectivity index (χ4n) is 7.04. The normalized spacial score (nSPS) is 15.3. The molecule has 11 nitrogen and oxygen atoms in total. The first-order valence-electron chi connectivity index (χ1n) is 17.2. The highest BCUT2D eigenvalue weighted by Gasteiger charge is 2.31. The SMILES string of the molecule is COc1cc2oc(C(=O)N[C@H](Cc3ccc4ccccc4c3)C(=O)N3CCN(c4ccccc4CN4CCCC4=O)CC3)cc(=O)c2cc1OC. The number of hydrogen-bond acceptors (Lipinski definition) is 8. The maximum absolute atomic E-state index is 14.3. The van der Waals surface area contributed by atoms with Crippen molar-refractivity contribution in [3.8, 4) is 11.5 Å². The fraction of sp³-hybridized carbons (Fsp3) is 0.300. The molecule has 2 fully saturated rings. The van der Waals surface area contributed by atoms with E-state index < -0.39 is 17.4 Å². The van der Waals surface area contributed by atoms with Crippen LogP contribution in [0.2, 0.25) is 0 Å². The van der Waals surface area contributed by atoms with Gasteiger partial charge in [-0.25, -0.2) is 0 Å². The van der Waals surface area contributed by atoms with Gasteiger partial charge in [-0.05, 0) is 40.5 Å². The number of nitrogens with zero attached hydrogens (tertiary/aromatic N) is 3. The lowest BCUT2D eigenvalue weighted by Gasteiger charge is -2.38. The molecule has 1 N–H and O–H groups in total. The maximum atomic E-state index is 14.3. The van der Waals surface area contributed by atoms with Gasteiger partial charge in [-0.3, -0.25) is 19.2 Å². The Hall–Kier alpha value is -5.84. The van der Waals surface area contributed by atoms with Gasteiger partial charge in [0.05, 0.1) is 19.6 Å². The average molecular weight is 689 g/mol. The van der Waals surface area contributed by atoms with Crippen LogP contribution >= 0.6 is 0 Å². The molecule has 0 saturated carbocycles. The topological polar surface area (TPSA) is 122 Å². The van der Waals surface area contributed by atoms with Crippen molar-refractivity contribution < 1.29 is 28.3 Å². The van der Waals surface area contributed by atoms with E-state index in [0.717, 1.165) is 46.6 Å². The minimum atomic E-state index is -0.926. The van der Waals surface area contributed by atoms with E-state index in [4.69, 9.17) is 13.9 Å². The summed E-state index contributed by atoms with van der Waals surface area (Å²) in [4.78, 5) is 59.4. The first-order valence-corrected chi connectivity index (χ1v) is 17.2. The van der Waals surface area contributed by atoms with E-state index in [0.29, 0.717) is 50.6 Å². The number of nitrogens with one attached hydrogen (secondary N) is 1. The zero-order valence-corrected chi connectivity index (χ0v) is 28.7. The van der Waals surface area contributed by atoms with Gasteiger partial charge in [0, 0.05) is 69.9 Å². The predicted octanol–water partition coefficient (Wildman–Crippen LogP) is 4.78. The number of hydrogen-bond donors (Lipinski definition) is 1. The van der Waals surface area contributed by atoms with Crippen LogP contribution in [0, 0.1) is 0 Å². The van der Waals surface area contributed by atoms with Crippen LogP contribution in [0.1, 0.15) is 34.5 Å². The van der Waals surface area contributed by atoms with Crippen molar-refractivity contribution >= 4 is 45.2 Å². The molecule has 0 bridgehead atoms. The summed E-state index contributed by atoms with van der Waals surface area (Å²) in [6.45, 7) is 3.43. The number of ether oxygens (including phenoxy) is 2. The zero-order chi connectivity index (χ0) is 35.5. The number of piperazine rings is 1. The van der Waals surface area contributed by atoms with Gasteiger partial charge < -0.3 is 33.9 Å². The van der Waals surface area contributed by atoms with Gasteiger partial charge in [0.1, 0.15) is 11.6 Å². The Labute approximate surface area is 295 Å². The van der Waals surface area contributed by atoms with Crippen molar-refractivity contribution in [2.75, 3.05) is 51.8 Å². The molecule has 0 aliphatic carbocycles. The average Bonchev–Trinajstić information content (AvgIpc) is 3.57. The molecule has 1 atom stereocenters. The van der Waals surface area contributed by atoms with Crippen LogP contribution < -0.4 is 25.1 Å². The lowest BCUT2D eigenvalue weighted by molar-refractivity contribution is -0.133. The van der Waals surface area contributed by atoms with Crippen LogP contribution in [-0.2, 0) is 22.6 Å². The second-order valence-electron chi connectivity index (χ2n) is 12.9. The first-order chi connectivity index (χ1) is 24.8. The van der Waals surface area contributed by atoms with Gasteiger partial charge in [-0.2, -0.15) is 0 Å². The van der Waals surface area contributed by atoms with Gasteiger partial charge >= 0.3 is 0 Å². The summed E-state index contributed by atoms with van der Waals surface area (Å²) in [5.74, 6) is -0.215. The van der Waals surface area contributed by atoms with Gasteiger partial charge in [-0.15, -0.1) is 0 Å². The summed E-state index contributed by atoms with van der Waals surface area (Å²) in [5.41, 5.74) is 2.76. The van der Waals surface area contributed by atoms with Crippen LogP contribution in [-0.4, -0.2) is 80.5 Å². The molecular weight excluding hydrogens is 648 g/mol. The Morgan fingerprint density at radius 3 is 2.29 bits per heavy atom. The zero-order valence-electron chi connectivity index (χ0n) is 28.7. The van der Waals surface area contributed by atoms with Gasteiger partial charge in [0.2, 0.25) is 11.8 Å². The molecule has 2 aliphatic heterocycles. The van der Waals surface area contributed by atoms with Crippen molar-refractivity contribution in [1.82, 2.24) is 15.1 Å². The molecule has 0 spiro atoms. The quantitative estimate of drug-likeness (QED) is 0.223. The van der Waals surface area contributed by atoms with Crippen molar-refractivity contribution in [2.45, 2.75) is 31.8 Å². The molecule has 0 radical (unpaired) electrons.